The molecule has 8 rings (SSSR count). The molecule has 0 N–H and O–H groups in total. The Morgan fingerprint density at radius 2 is 0.949 bits per heavy atom. The molecule has 2 nitrogen and oxygen atoms in total. The Morgan fingerprint density at radius 1 is 0.410 bits per heavy atom. The van der Waals surface area contributed by atoms with E-state index in [1.165, 1.54) is 60.4 Å². The van der Waals surface area contributed by atoms with Gasteiger partial charge in [-0.25, -0.2) is 0 Å². The van der Waals surface area contributed by atoms with Gasteiger partial charge in [0.2, 0.25) is 0 Å². The summed E-state index contributed by atoms with van der Waals surface area (Å²) in [5.74, 6) is 0. The van der Waals surface area contributed by atoms with E-state index in [-0.39, 0.29) is 0 Å². The summed E-state index contributed by atoms with van der Waals surface area (Å²) < 4.78 is 5.87. The fraction of sp³-hybridized carbons (Fsp3) is 0. The highest BCUT2D eigenvalue weighted by Crippen LogP contribution is 2.41. The third kappa shape index (κ3) is 3.33. The van der Waals surface area contributed by atoms with Crippen molar-refractivity contribution in [2.45, 2.75) is 0 Å². The summed E-state index contributed by atoms with van der Waals surface area (Å²) in [5.41, 5.74) is 9.53. The molecule has 0 amide bonds. The number of hydrogen-bond donors (Lipinski definition) is 0. The highest BCUT2D eigenvalue weighted by atomic mass is 79.9. The van der Waals surface area contributed by atoms with Crippen LogP contribution >= 0.6 is 15.9 Å². The Bertz CT molecular complexity index is 2130. The van der Waals surface area contributed by atoms with E-state index in [9.17, 15) is 0 Å². The lowest BCUT2D eigenvalue weighted by atomic mass is 10.0. The van der Waals surface area contributed by atoms with Crippen molar-refractivity contribution in [3.63, 3.8) is 0 Å². The second kappa shape index (κ2) is 8.72. The van der Waals surface area contributed by atoms with Gasteiger partial charge in [-0.2, -0.15) is 0 Å². The lowest BCUT2D eigenvalue weighted by molar-refractivity contribution is 1.16. The van der Waals surface area contributed by atoms with Gasteiger partial charge in [0, 0.05) is 37.3 Å². The average molecular weight is 563 g/mol. The Kier molecular flexibility index (Phi) is 5.01. The normalized spacial score (nSPS) is 11.7. The Hall–Kier alpha value is -4.60. The molecule has 2 heterocycles. The molecule has 0 bridgehead atoms. The number of hydrogen-bond acceptors (Lipinski definition) is 0. The van der Waals surface area contributed by atoms with Crippen molar-refractivity contribution < 1.29 is 0 Å². The van der Waals surface area contributed by atoms with Crippen molar-refractivity contribution in [3.05, 3.63) is 144 Å². The van der Waals surface area contributed by atoms with E-state index in [2.05, 4.69) is 165 Å². The fourth-order valence-electron chi connectivity index (χ4n) is 6.13. The topological polar surface area (TPSA) is 9.86 Å². The van der Waals surface area contributed by atoms with Gasteiger partial charge < -0.3 is 9.13 Å². The predicted octanol–water partition coefficient (Wildman–Crippen LogP) is 10.3. The molecular formula is C36H23BrN2. The minimum Gasteiger partial charge on any atom is -0.309 e. The number of nitrogens with zero attached hydrogens (tertiary/aromatic N) is 2. The zero-order valence-electron chi connectivity index (χ0n) is 21.1. The highest BCUT2D eigenvalue weighted by molar-refractivity contribution is 9.10. The van der Waals surface area contributed by atoms with Crippen LogP contribution in [0.1, 0.15) is 0 Å². The zero-order valence-corrected chi connectivity index (χ0v) is 22.6. The highest BCUT2D eigenvalue weighted by Gasteiger charge is 2.19. The van der Waals surface area contributed by atoms with Crippen LogP contribution in [0.2, 0.25) is 0 Å². The first kappa shape index (κ1) is 22.4. The van der Waals surface area contributed by atoms with E-state index < -0.39 is 0 Å². The molecule has 0 saturated carbocycles. The van der Waals surface area contributed by atoms with Crippen LogP contribution in [0.25, 0.3) is 66.1 Å². The van der Waals surface area contributed by atoms with E-state index in [4.69, 9.17) is 0 Å². The summed E-state index contributed by atoms with van der Waals surface area (Å²) in [6.07, 6.45) is 0. The average Bonchev–Trinajstić information content (AvgIpc) is 3.50. The van der Waals surface area contributed by atoms with Crippen LogP contribution in [0, 0.1) is 0 Å². The standard InChI is InChI=1S/C36H23BrN2/c37-31-17-10-16-26(24-11-2-1-3-12-24)36(31)39-34-20-9-6-15-29(34)30-23-25(21-22-35(30)39)38-32-18-7-4-13-27(32)28-14-5-8-19-33(28)38/h1-23H. The molecule has 0 atom stereocenters. The Balaban J connectivity index is 1.46. The van der Waals surface area contributed by atoms with Gasteiger partial charge in [0.25, 0.3) is 0 Å². The predicted molar refractivity (Wildman–Crippen MR) is 168 cm³/mol. The number of rotatable bonds is 3. The number of aromatic nitrogens is 2. The Morgan fingerprint density at radius 3 is 1.62 bits per heavy atom. The molecule has 0 saturated heterocycles. The molecule has 0 aliphatic rings. The lowest BCUT2D eigenvalue weighted by Crippen LogP contribution is -1.99. The van der Waals surface area contributed by atoms with Crippen molar-refractivity contribution in [1.29, 1.82) is 0 Å². The van der Waals surface area contributed by atoms with Gasteiger partial charge in [-0.05, 0) is 64.0 Å². The van der Waals surface area contributed by atoms with Crippen LogP contribution in [0.15, 0.2) is 144 Å². The number of halogens is 1. The SMILES string of the molecule is Brc1cccc(-c2ccccc2)c1-n1c2ccccc2c2cc(-n3c4ccccc4c4ccccc43)ccc21. The first-order valence-electron chi connectivity index (χ1n) is 13.2. The molecule has 0 fully saturated rings. The molecule has 6 aromatic carbocycles. The number of fused-ring (bicyclic) bond motifs is 6. The third-order valence-electron chi connectivity index (χ3n) is 7.79. The monoisotopic (exact) mass is 562 g/mol. The smallest absolute Gasteiger partial charge is 0.0682 e. The summed E-state index contributed by atoms with van der Waals surface area (Å²) in [6, 6.07) is 50.1. The maximum Gasteiger partial charge on any atom is 0.0682 e. The van der Waals surface area contributed by atoms with E-state index in [0.717, 1.165) is 10.2 Å². The summed E-state index contributed by atoms with van der Waals surface area (Å²) in [4.78, 5) is 0. The molecule has 184 valence electrons. The maximum absolute atomic E-state index is 3.91. The molecule has 8 aromatic rings. The van der Waals surface area contributed by atoms with Gasteiger partial charge in [-0.3, -0.25) is 0 Å². The van der Waals surface area contributed by atoms with E-state index in [1.54, 1.807) is 0 Å². The van der Waals surface area contributed by atoms with E-state index in [0.29, 0.717) is 0 Å². The number of benzene rings is 6. The van der Waals surface area contributed by atoms with Crippen LogP contribution in [0.3, 0.4) is 0 Å². The van der Waals surface area contributed by atoms with Gasteiger partial charge in [0.05, 0.1) is 27.8 Å². The minimum atomic E-state index is 1.07. The number of para-hydroxylation sites is 4. The van der Waals surface area contributed by atoms with Crippen molar-refractivity contribution in [2.24, 2.45) is 0 Å². The Labute approximate surface area is 234 Å². The molecule has 2 aromatic heterocycles. The van der Waals surface area contributed by atoms with Crippen molar-refractivity contribution in [1.82, 2.24) is 9.13 Å². The van der Waals surface area contributed by atoms with Gasteiger partial charge in [-0.15, -0.1) is 0 Å². The molecule has 3 heteroatoms. The molecule has 0 aliphatic heterocycles. The van der Waals surface area contributed by atoms with Crippen LogP contribution in [-0.2, 0) is 0 Å². The molecule has 39 heavy (non-hydrogen) atoms. The second-order valence-corrected chi connectivity index (χ2v) is 10.8. The van der Waals surface area contributed by atoms with Crippen molar-refractivity contribution in [3.8, 4) is 22.5 Å². The van der Waals surface area contributed by atoms with Crippen LogP contribution in [0.5, 0.6) is 0 Å². The maximum atomic E-state index is 3.91. The van der Waals surface area contributed by atoms with Gasteiger partial charge in [0.1, 0.15) is 0 Å². The minimum absolute atomic E-state index is 1.07. The van der Waals surface area contributed by atoms with E-state index >= 15 is 0 Å². The first-order valence-corrected chi connectivity index (χ1v) is 13.9. The summed E-state index contributed by atoms with van der Waals surface area (Å²) in [5, 5.41) is 5.03. The quantitative estimate of drug-likeness (QED) is 0.202. The lowest BCUT2D eigenvalue weighted by Gasteiger charge is -2.16. The molecule has 0 spiro atoms. The summed E-state index contributed by atoms with van der Waals surface area (Å²) >= 11 is 3.91. The van der Waals surface area contributed by atoms with Crippen LogP contribution in [0.4, 0.5) is 0 Å². The van der Waals surface area contributed by atoms with Crippen molar-refractivity contribution >= 4 is 59.5 Å². The van der Waals surface area contributed by atoms with E-state index in [1.807, 2.05) is 0 Å². The third-order valence-corrected chi connectivity index (χ3v) is 8.43. The molecule has 0 aliphatic carbocycles. The summed E-state index contributed by atoms with van der Waals surface area (Å²) in [6.45, 7) is 0. The second-order valence-electron chi connectivity index (χ2n) is 9.93. The van der Waals surface area contributed by atoms with Gasteiger partial charge >= 0.3 is 0 Å². The summed E-state index contributed by atoms with van der Waals surface area (Å²) in [7, 11) is 0. The zero-order chi connectivity index (χ0) is 25.9. The van der Waals surface area contributed by atoms with Gasteiger partial charge in [0.15, 0.2) is 0 Å². The molecular weight excluding hydrogens is 540 g/mol. The fourth-order valence-corrected chi connectivity index (χ4v) is 6.68. The first-order chi connectivity index (χ1) is 19.3. The van der Waals surface area contributed by atoms with Crippen molar-refractivity contribution in [2.75, 3.05) is 0 Å². The van der Waals surface area contributed by atoms with Gasteiger partial charge in [-0.1, -0.05) is 97.1 Å². The largest absolute Gasteiger partial charge is 0.309 e. The molecule has 0 radical (unpaired) electrons. The van der Waals surface area contributed by atoms with Crippen LogP contribution < -0.4 is 0 Å². The molecule has 0 unspecified atom stereocenters. The van der Waals surface area contributed by atoms with Crippen LogP contribution in [-0.4, -0.2) is 9.13 Å².